The minimum Gasteiger partial charge on any atom is -0.325 e. The number of hydrogen-bond acceptors (Lipinski definition) is 4. The van der Waals surface area contributed by atoms with Crippen molar-refractivity contribution in [2.75, 3.05) is 11.9 Å². The number of halogens is 1. The van der Waals surface area contributed by atoms with Crippen LogP contribution in [0.3, 0.4) is 0 Å². The second kappa shape index (κ2) is 9.09. The summed E-state index contributed by atoms with van der Waals surface area (Å²) in [5.41, 5.74) is 3.69. The van der Waals surface area contributed by atoms with Crippen LogP contribution in [0.2, 0.25) is 0 Å². The van der Waals surface area contributed by atoms with Crippen molar-refractivity contribution in [1.82, 2.24) is 4.90 Å². The van der Waals surface area contributed by atoms with Crippen LogP contribution in [0.25, 0.3) is 0 Å². The van der Waals surface area contributed by atoms with Gasteiger partial charge in [-0.3, -0.25) is 14.5 Å². The Balaban J connectivity index is 1.81. The Kier molecular flexibility index (Phi) is 6.77. The molecule has 2 aromatic rings. The Morgan fingerprint density at radius 3 is 2.61 bits per heavy atom. The van der Waals surface area contributed by atoms with Crippen LogP contribution in [-0.4, -0.2) is 33.7 Å². The largest absolute Gasteiger partial charge is 0.325 e. The summed E-state index contributed by atoms with van der Waals surface area (Å²) in [6.07, 6.45) is 0.168. The zero-order chi connectivity index (χ0) is 20.3. The molecule has 1 aliphatic rings. The van der Waals surface area contributed by atoms with Crippen molar-refractivity contribution in [3.63, 3.8) is 0 Å². The highest BCUT2D eigenvalue weighted by molar-refractivity contribution is 14.1. The molecule has 1 fully saturated rings. The molecule has 146 valence electrons. The number of anilines is 1. The van der Waals surface area contributed by atoms with Crippen LogP contribution in [0.15, 0.2) is 47.5 Å². The number of carbonyl (C=O) groups excluding carboxylic acids is 2. The molecule has 2 aromatic carbocycles. The number of thioether (sulfide) groups is 1. The third-order valence-electron chi connectivity index (χ3n) is 4.44. The highest BCUT2D eigenvalue weighted by atomic mass is 127. The first kappa shape index (κ1) is 20.9. The zero-order valence-electron chi connectivity index (χ0n) is 16.0. The molecule has 1 saturated heterocycles. The molecule has 1 unspecified atom stereocenters. The number of amides is 2. The predicted molar refractivity (Wildman–Crippen MR) is 124 cm³/mol. The standard InChI is InChI=1S/C21H22IN3O2S/c1-4-25-19(26)12-18(20(27)24-17-10-5-13(2)11-14(17)3)28-21(25)23-16-8-6-15(22)7-9-16/h5-11,18H,4,12H2,1-3H3,(H,24,27). The van der Waals surface area contributed by atoms with Gasteiger partial charge in [-0.2, -0.15) is 0 Å². The number of rotatable bonds is 4. The highest BCUT2D eigenvalue weighted by Crippen LogP contribution is 2.30. The summed E-state index contributed by atoms with van der Waals surface area (Å²) >= 11 is 3.58. The van der Waals surface area contributed by atoms with Crippen molar-refractivity contribution < 1.29 is 9.59 Å². The van der Waals surface area contributed by atoms with Gasteiger partial charge in [0.1, 0.15) is 5.25 Å². The lowest BCUT2D eigenvalue weighted by Gasteiger charge is -2.31. The first-order valence-corrected chi connectivity index (χ1v) is 11.0. The van der Waals surface area contributed by atoms with E-state index in [1.54, 1.807) is 4.90 Å². The Labute approximate surface area is 183 Å². The van der Waals surface area contributed by atoms with Crippen molar-refractivity contribution in [2.24, 2.45) is 4.99 Å². The number of amidine groups is 1. The van der Waals surface area contributed by atoms with E-state index in [2.05, 4.69) is 32.9 Å². The summed E-state index contributed by atoms with van der Waals surface area (Å²) in [6.45, 7) is 6.42. The number of nitrogens with zero attached hydrogens (tertiary/aromatic N) is 2. The Hall–Kier alpha value is -1.87. The maximum absolute atomic E-state index is 12.8. The monoisotopic (exact) mass is 507 g/mol. The number of hydrogen-bond donors (Lipinski definition) is 1. The summed E-state index contributed by atoms with van der Waals surface area (Å²) in [5.74, 6) is -0.248. The average molecular weight is 507 g/mol. The summed E-state index contributed by atoms with van der Waals surface area (Å²) in [5, 5.41) is 3.03. The Morgan fingerprint density at radius 2 is 1.96 bits per heavy atom. The van der Waals surface area contributed by atoms with Gasteiger partial charge in [0.15, 0.2) is 5.17 Å². The van der Waals surface area contributed by atoms with Crippen LogP contribution < -0.4 is 5.32 Å². The fourth-order valence-corrected chi connectivity index (χ4v) is 4.47. The minimum atomic E-state index is -0.501. The third-order valence-corrected chi connectivity index (χ3v) is 6.35. The Bertz CT molecular complexity index is 928. The smallest absolute Gasteiger partial charge is 0.238 e. The van der Waals surface area contributed by atoms with E-state index in [4.69, 9.17) is 0 Å². The maximum Gasteiger partial charge on any atom is 0.238 e. The first-order chi connectivity index (χ1) is 13.4. The topological polar surface area (TPSA) is 61.8 Å². The molecule has 3 rings (SSSR count). The van der Waals surface area contributed by atoms with Gasteiger partial charge in [-0.05, 0) is 79.3 Å². The molecule has 0 bridgehead atoms. The third kappa shape index (κ3) is 4.94. The second-order valence-corrected chi connectivity index (χ2v) is 9.04. The van der Waals surface area contributed by atoms with Crippen LogP contribution in [0.5, 0.6) is 0 Å². The van der Waals surface area contributed by atoms with E-state index >= 15 is 0 Å². The lowest BCUT2D eigenvalue weighted by atomic mass is 10.1. The van der Waals surface area contributed by atoms with Crippen LogP contribution in [-0.2, 0) is 9.59 Å². The summed E-state index contributed by atoms with van der Waals surface area (Å²) in [6, 6.07) is 13.6. The van der Waals surface area contributed by atoms with Gasteiger partial charge in [0.25, 0.3) is 0 Å². The first-order valence-electron chi connectivity index (χ1n) is 9.06. The molecule has 1 heterocycles. The maximum atomic E-state index is 12.8. The number of nitrogens with one attached hydrogen (secondary N) is 1. The zero-order valence-corrected chi connectivity index (χ0v) is 19.0. The number of aryl methyl sites for hydroxylation is 2. The molecular formula is C21H22IN3O2S. The van der Waals surface area contributed by atoms with Gasteiger partial charge < -0.3 is 5.32 Å². The molecule has 7 heteroatoms. The van der Waals surface area contributed by atoms with Gasteiger partial charge in [0.2, 0.25) is 11.8 Å². The SMILES string of the molecule is CCN1C(=O)CC(C(=O)Nc2ccc(C)cc2C)SC1=Nc1ccc(I)cc1. The molecule has 5 nitrogen and oxygen atoms in total. The molecule has 1 N–H and O–H groups in total. The normalized spacial score (nSPS) is 18.4. The molecule has 0 aromatic heterocycles. The molecule has 2 amide bonds. The second-order valence-electron chi connectivity index (χ2n) is 6.63. The van der Waals surface area contributed by atoms with Crippen molar-refractivity contribution in [1.29, 1.82) is 0 Å². The fraction of sp³-hybridized carbons (Fsp3) is 0.286. The van der Waals surface area contributed by atoms with Crippen LogP contribution in [0.1, 0.15) is 24.5 Å². The van der Waals surface area contributed by atoms with E-state index in [1.165, 1.54) is 11.8 Å². The molecule has 1 aliphatic heterocycles. The number of benzene rings is 2. The molecule has 0 aliphatic carbocycles. The summed E-state index contributed by atoms with van der Waals surface area (Å²) in [4.78, 5) is 31.7. The highest BCUT2D eigenvalue weighted by Gasteiger charge is 2.35. The molecule has 28 heavy (non-hydrogen) atoms. The van der Waals surface area contributed by atoms with Crippen LogP contribution in [0.4, 0.5) is 11.4 Å². The van der Waals surface area contributed by atoms with Crippen LogP contribution >= 0.6 is 34.4 Å². The van der Waals surface area contributed by atoms with Gasteiger partial charge in [0.05, 0.1) is 5.69 Å². The van der Waals surface area contributed by atoms with Gasteiger partial charge in [-0.15, -0.1) is 0 Å². The lowest BCUT2D eigenvalue weighted by molar-refractivity contribution is -0.129. The average Bonchev–Trinajstić information content (AvgIpc) is 2.65. The molecule has 0 saturated carbocycles. The summed E-state index contributed by atoms with van der Waals surface area (Å²) < 4.78 is 1.12. The van der Waals surface area contributed by atoms with E-state index in [1.807, 2.05) is 63.2 Å². The lowest BCUT2D eigenvalue weighted by Crippen LogP contribution is -2.45. The van der Waals surface area contributed by atoms with Gasteiger partial charge in [-0.25, -0.2) is 4.99 Å². The van der Waals surface area contributed by atoms with Gasteiger partial charge >= 0.3 is 0 Å². The van der Waals surface area contributed by atoms with Crippen molar-refractivity contribution >= 4 is 62.7 Å². The molecule has 0 radical (unpaired) electrons. The predicted octanol–water partition coefficient (Wildman–Crippen LogP) is 4.89. The molecule has 1 atom stereocenters. The van der Waals surface area contributed by atoms with E-state index in [9.17, 15) is 9.59 Å². The Morgan fingerprint density at radius 1 is 1.25 bits per heavy atom. The van der Waals surface area contributed by atoms with E-state index < -0.39 is 5.25 Å². The summed E-state index contributed by atoms with van der Waals surface area (Å²) in [7, 11) is 0. The van der Waals surface area contributed by atoms with Crippen LogP contribution in [0, 0.1) is 17.4 Å². The van der Waals surface area contributed by atoms with E-state index in [-0.39, 0.29) is 18.2 Å². The number of aliphatic imine (C=N–C) groups is 1. The molecule has 0 spiro atoms. The van der Waals surface area contributed by atoms with E-state index in [0.717, 1.165) is 26.1 Å². The van der Waals surface area contributed by atoms with Gasteiger partial charge in [-0.1, -0.05) is 29.5 Å². The van der Waals surface area contributed by atoms with Crippen molar-refractivity contribution in [3.8, 4) is 0 Å². The number of carbonyl (C=O) groups is 2. The molecular weight excluding hydrogens is 485 g/mol. The van der Waals surface area contributed by atoms with Gasteiger partial charge in [0, 0.05) is 22.2 Å². The fourth-order valence-electron chi connectivity index (χ4n) is 2.95. The van der Waals surface area contributed by atoms with Crippen molar-refractivity contribution in [2.45, 2.75) is 32.4 Å². The van der Waals surface area contributed by atoms with E-state index in [0.29, 0.717) is 11.7 Å². The minimum absolute atomic E-state index is 0.0775. The quantitative estimate of drug-likeness (QED) is 0.600. The van der Waals surface area contributed by atoms with Crippen molar-refractivity contribution in [3.05, 3.63) is 57.2 Å².